The second-order valence-electron chi connectivity index (χ2n) is 4.15. The second-order valence-corrected chi connectivity index (χ2v) is 7.37. The normalized spacial score (nSPS) is 24.2. The summed E-state index contributed by atoms with van der Waals surface area (Å²) < 4.78 is 23.6. The van der Waals surface area contributed by atoms with Crippen LogP contribution in [0.25, 0.3) is 0 Å². The second kappa shape index (κ2) is 4.30. The third-order valence-electron chi connectivity index (χ3n) is 2.96. The number of carbonyl (C=O) groups excluding carboxylic acids is 1. The first kappa shape index (κ1) is 11.8. The van der Waals surface area contributed by atoms with Crippen molar-refractivity contribution in [2.45, 2.75) is 31.4 Å². The molecule has 1 aliphatic heterocycles. The van der Waals surface area contributed by atoms with Gasteiger partial charge in [0.05, 0.1) is 10.6 Å². The van der Waals surface area contributed by atoms with Crippen molar-refractivity contribution in [3.05, 3.63) is 21.9 Å². The van der Waals surface area contributed by atoms with Crippen LogP contribution in [0.4, 0.5) is 0 Å². The maximum atomic E-state index is 12.1. The highest BCUT2D eigenvalue weighted by molar-refractivity contribution is 7.92. The van der Waals surface area contributed by atoms with E-state index in [1.807, 2.05) is 18.4 Å². The standard InChI is InChI=1S/C11H14O3S2/c1-8-5-6-15-11(8)10(12)9-4-2-3-7-16(9,13)14/h5-6,9H,2-4,7H2,1H3. The molecule has 0 spiro atoms. The van der Waals surface area contributed by atoms with Crippen LogP contribution in [-0.2, 0) is 9.84 Å². The van der Waals surface area contributed by atoms with Gasteiger partial charge in [0.15, 0.2) is 15.6 Å². The lowest BCUT2D eigenvalue weighted by molar-refractivity contribution is 0.0985. The third kappa shape index (κ3) is 2.06. The highest BCUT2D eigenvalue weighted by Gasteiger charge is 2.36. The first-order chi connectivity index (χ1) is 7.52. The van der Waals surface area contributed by atoms with E-state index in [1.165, 1.54) is 11.3 Å². The molecular formula is C11H14O3S2. The average molecular weight is 258 g/mol. The predicted octanol–water partition coefficient (Wildman–Crippen LogP) is 2.21. The molecule has 1 saturated heterocycles. The minimum atomic E-state index is -3.21. The fourth-order valence-electron chi connectivity index (χ4n) is 2.02. The maximum Gasteiger partial charge on any atom is 0.191 e. The number of hydrogen-bond donors (Lipinski definition) is 0. The molecule has 1 atom stereocenters. The van der Waals surface area contributed by atoms with E-state index in [0.29, 0.717) is 17.7 Å². The van der Waals surface area contributed by atoms with Crippen molar-refractivity contribution in [1.29, 1.82) is 0 Å². The summed E-state index contributed by atoms with van der Waals surface area (Å²) >= 11 is 1.34. The smallest absolute Gasteiger partial charge is 0.191 e. The summed E-state index contributed by atoms with van der Waals surface area (Å²) in [6.07, 6.45) is 2.01. The minimum absolute atomic E-state index is 0.161. The van der Waals surface area contributed by atoms with Crippen LogP contribution in [0.1, 0.15) is 34.5 Å². The highest BCUT2D eigenvalue weighted by Crippen LogP contribution is 2.26. The Kier molecular flexibility index (Phi) is 3.17. The van der Waals surface area contributed by atoms with Gasteiger partial charge in [-0.3, -0.25) is 4.79 Å². The molecule has 1 aliphatic rings. The van der Waals surface area contributed by atoms with Crippen molar-refractivity contribution >= 4 is 27.0 Å². The Morgan fingerprint density at radius 1 is 1.44 bits per heavy atom. The van der Waals surface area contributed by atoms with Gasteiger partial charge in [-0.1, -0.05) is 6.42 Å². The van der Waals surface area contributed by atoms with E-state index in [-0.39, 0.29) is 11.5 Å². The van der Waals surface area contributed by atoms with Crippen LogP contribution in [-0.4, -0.2) is 25.2 Å². The minimum Gasteiger partial charge on any atom is -0.292 e. The molecular weight excluding hydrogens is 244 g/mol. The molecule has 2 rings (SSSR count). The van der Waals surface area contributed by atoms with E-state index in [2.05, 4.69) is 0 Å². The van der Waals surface area contributed by atoms with Crippen LogP contribution in [0.2, 0.25) is 0 Å². The summed E-state index contributed by atoms with van der Waals surface area (Å²) in [5, 5.41) is 1.04. The van der Waals surface area contributed by atoms with Gasteiger partial charge >= 0.3 is 0 Å². The van der Waals surface area contributed by atoms with Crippen molar-refractivity contribution in [3.8, 4) is 0 Å². The number of rotatable bonds is 2. The number of sulfone groups is 1. The molecule has 1 aromatic heterocycles. The van der Waals surface area contributed by atoms with E-state index >= 15 is 0 Å². The van der Waals surface area contributed by atoms with Crippen molar-refractivity contribution in [2.75, 3.05) is 5.75 Å². The Bertz CT molecular complexity index is 499. The van der Waals surface area contributed by atoms with Crippen molar-refractivity contribution in [1.82, 2.24) is 0 Å². The Labute approximate surface area is 99.4 Å². The molecule has 16 heavy (non-hydrogen) atoms. The number of ketones is 1. The Morgan fingerprint density at radius 3 is 2.75 bits per heavy atom. The Morgan fingerprint density at radius 2 is 2.19 bits per heavy atom. The van der Waals surface area contributed by atoms with Crippen LogP contribution < -0.4 is 0 Å². The van der Waals surface area contributed by atoms with Crippen LogP contribution in [0.5, 0.6) is 0 Å². The predicted molar refractivity (Wildman–Crippen MR) is 64.8 cm³/mol. The lowest BCUT2D eigenvalue weighted by atomic mass is 10.1. The van der Waals surface area contributed by atoms with E-state index in [9.17, 15) is 13.2 Å². The molecule has 1 unspecified atom stereocenters. The molecule has 88 valence electrons. The molecule has 1 fully saturated rings. The van der Waals surface area contributed by atoms with Gasteiger partial charge in [-0.05, 0) is 36.8 Å². The first-order valence-corrected chi connectivity index (χ1v) is 7.92. The van der Waals surface area contributed by atoms with Crippen molar-refractivity contribution in [2.24, 2.45) is 0 Å². The zero-order valence-electron chi connectivity index (χ0n) is 9.10. The largest absolute Gasteiger partial charge is 0.292 e. The molecule has 1 aromatic rings. The number of hydrogen-bond acceptors (Lipinski definition) is 4. The molecule has 0 saturated carbocycles. The first-order valence-electron chi connectivity index (χ1n) is 5.32. The fraction of sp³-hybridized carbons (Fsp3) is 0.545. The lowest BCUT2D eigenvalue weighted by Crippen LogP contribution is -2.35. The van der Waals surface area contributed by atoms with E-state index in [1.54, 1.807) is 0 Å². The zero-order chi connectivity index (χ0) is 11.8. The fourth-order valence-corrected chi connectivity index (χ4v) is 4.88. The summed E-state index contributed by atoms with van der Waals surface area (Å²) in [7, 11) is -3.21. The molecule has 0 aromatic carbocycles. The number of aryl methyl sites for hydroxylation is 1. The molecule has 2 heterocycles. The van der Waals surface area contributed by atoms with Gasteiger partial charge < -0.3 is 0 Å². The highest BCUT2D eigenvalue weighted by atomic mass is 32.2. The molecule has 0 aliphatic carbocycles. The van der Waals surface area contributed by atoms with Crippen molar-refractivity contribution in [3.63, 3.8) is 0 Å². The quantitative estimate of drug-likeness (QED) is 0.764. The maximum absolute atomic E-state index is 12.1. The number of carbonyl (C=O) groups is 1. The van der Waals surface area contributed by atoms with E-state index in [4.69, 9.17) is 0 Å². The van der Waals surface area contributed by atoms with Crippen molar-refractivity contribution < 1.29 is 13.2 Å². The molecule has 0 N–H and O–H groups in total. The van der Waals surface area contributed by atoms with Crippen LogP contribution >= 0.6 is 11.3 Å². The summed E-state index contributed by atoms with van der Waals surface area (Å²) in [5.74, 6) is -0.0411. The monoisotopic (exact) mass is 258 g/mol. The topological polar surface area (TPSA) is 51.2 Å². The van der Waals surface area contributed by atoms with Gasteiger partial charge in [-0.25, -0.2) is 8.42 Å². The third-order valence-corrected chi connectivity index (χ3v) is 6.16. The van der Waals surface area contributed by atoms with Gasteiger partial charge in [0, 0.05) is 0 Å². The summed E-state index contributed by atoms with van der Waals surface area (Å²) in [4.78, 5) is 12.7. The Hall–Kier alpha value is -0.680. The summed E-state index contributed by atoms with van der Waals surface area (Å²) in [6, 6.07) is 1.85. The van der Waals surface area contributed by atoms with Gasteiger partial charge in [0.25, 0.3) is 0 Å². The lowest BCUT2D eigenvalue weighted by Gasteiger charge is -2.20. The van der Waals surface area contributed by atoms with E-state index < -0.39 is 15.1 Å². The molecule has 0 bridgehead atoms. The van der Waals surface area contributed by atoms with Crippen LogP contribution in [0.15, 0.2) is 11.4 Å². The molecule has 5 heteroatoms. The molecule has 0 radical (unpaired) electrons. The van der Waals surface area contributed by atoms with Gasteiger partial charge in [-0.2, -0.15) is 0 Å². The number of Topliss-reactive ketones (excluding diaryl/α,β-unsaturated/α-hetero) is 1. The molecule has 0 amide bonds. The molecule has 3 nitrogen and oxygen atoms in total. The van der Waals surface area contributed by atoms with Crippen LogP contribution in [0.3, 0.4) is 0 Å². The number of thiophene rings is 1. The summed E-state index contributed by atoms with van der Waals surface area (Å²) in [6.45, 7) is 1.85. The average Bonchev–Trinajstić information content (AvgIpc) is 2.63. The van der Waals surface area contributed by atoms with Crippen LogP contribution in [0, 0.1) is 6.92 Å². The SMILES string of the molecule is Cc1ccsc1C(=O)C1CCCCS1(=O)=O. The van der Waals surface area contributed by atoms with E-state index in [0.717, 1.165) is 12.0 Å². The zero-order valence-corrected chi connectivity index (χ0v) is 10.7. The Balaban J connectivity index is 2.32. The van der Waals surface area contributed by atoms with Gasteiger partial charge in [0.2, 0.25) is 0 Å². The summed E-state index contributed by atoms with van der Waals surface area (Å²) in [5.41, 5.74) is 0.885. The van der Waals surface area contributed by atoms with Gasteiger partial charge in [-0.15, -0.1) is 11.3 Å². The van der Waals surface area contributed by atoms with Gasteiger partial charge in [0.1, 0.15) is 5.25 Å².